The first-order valence-corrected chi connectivity index (χ1v) is 10.6. The molecule has 4 rings (SSSR count). The maximum absolute atomic E-state index is 13.1. The fourth-order valence-electron chi connectivity index (χ4n) is 3.73. The number of ketones is 1. The van der Waals surface area contributed by atoms with Gasteiger partial charge in [-0.3, -0.25) is 14.5 Å². The fraction of sp³-hybridized carbons (Fsp3) is 0.167. The highest BCUT2D eigenvalue weighted by Crippen LogP contribution is 2.42. The third-order valence-corrected chi connectivity index (χ3v) is 5.27. The van der Waals surface area contributed by atoms with Crippen LogP contribution in [0.25, 0.3) is 5.76 Å². The number of carbonyl (C=O) groups excluding carboxylic acids is 2. The molecule has 0 saturated carbocycles. The largest absolute Gasteiger partial charge is 0.573 e. The van der Waals surface area contributed by atoms with E-state index in [1.54, 1.807) is 6.92 Å². The second kappa shape index (κ2) is 9.68. The number of rotatable bonds is 5. The van der Waals surface area contributed by atoms with Gasteiger partial charge in [-0.05, 0) is 61.0 Å². The molecule has 1 N–H and O–H groups in total. The van der Waals surface area contributed by atoms with Gasteiger partial charge in [0.2, 0.25) is 0 Å². The molecule has 0 spiro atoms. The van der Waals surface area contributed by atoms with Crippen LogP contribution in [0.2, 0.25) is 0 Å². The van der Waals surface area contributed by atoms with E-state index >= 15 is 0 Å². The number of aromatic nitrogens is 2. The minimum absolute atomic E-state index is 0.0914. The topological polar surface area (TPSA) is 102 Å². The number of nitrogens with zero attached hydrogens (tertiary/aromatic N) is 3. The molecule has 1 aliphatic rings. The van der Waals surface area contributed by atoms with Crippen LogP contribution < -0.4 is 14.4 Å². The van der Waals surface area contributed by atoms with Crippen molar-refractivity contribution in [2.75, 3.05) is 4.90 Å². The Morgan fingerprint density at radius 2 is 1.34 bits per heavy atom. The Hall–Kier alpha value is -4.62. The molecule has 1 fully saturated rings. The van der Waals surface area contributed by atoms with Gasteiger partial charge in [0.25, 0.3) is 5.78 Å². The van der Waals surface area contributed by atoms with Crippen LogP contribution in [0, 0.1) is 6.92 Å². The van der Waals surface area contributed by atoms with E-state index in [0.29, 0.717) is 5.69 Å². The van der Waals surface area contributed by atoms with E-state index < -0.39 is 53.3 Å². The van der Waals surface area contributed by atoms with Gasteiger partial charge < -0.3 is 14.6 Å². The zero-order valence-corrected chi connectivity index (χ0v) is 19.0. The first kappa shape index (κ1) is 26.4. The van der Waals surface area contributed by atoms with Gasteiger partial charge >= 0.3 is 18.6 Å². The highest BCUT2D eigenvalue weighted by Gasteiger charge is 2.47. The van der Waals surface area contributed by atoms with E-state index in [-0.39, 0.29) is 16.9 Å². The Morgan fingerprint density at radius 3 is 1.82 bits per heavy atom. The van der Waals surface area contributed by atoms with E-state index in [0.717, 1.165) is 53.4 Å². The zero-order chi connectivity index (χ0) is 27.8. The Bertz CT molecular complexity index is 1390. The normalized spacial score (nSPS) is 17.6. The summed E-state index contributed by atoms with van der Waals surface area (Å²) >= 11 is 0. The highest BCUT2D eigenvalue weighted by molar-refractivity contribution is 6.51. The van der Waals surface area contributed by atoms with E-state index in [1.165, 1.54) is 12.1 Å². The van der Waals surface area contributed by atoms with Gasteiger partial charge in [0, 0.05) is 5.56 Å². The summed E-state index contributed by atoms with van der Waals surface area (Å²) in [5, 5.41) is 18.7. The molecule has 1 amide bonds. The number of aliphatic hydroxyl groups excluding tert-OH is 1. The lowest BCUT2D eigenvalue weighted by molar-refractivity contribution is -0.275. The molecule has 1 saturated heterocycles. The van der Waals surface area contributed by atoms with E-state index in [9.17, 15) is 41.0 Å². The Balaban J connectivity index is 1.82. The molecule has 8 nitrogen and oxygen atoms in total. The number of Topliss-reactive ketones (excluding diaryl/α,β-unsaturated/α-hetero) is 1. The molecule has 2 heterocycles. The van der Waals surface area contributed by atoms with Crippen molar-refractivity contribution < 1.29 is 50.5 Å². The number of aryl methyl sites for hydroxylation is 1. The number of alkyl halides is 6. The lowest BCUT2D eigenvalue weighted by Gasteiger charge is -2.24. The van der Waals surface area contributed by atoms with Gasteiger partial charge in [-0.2, -0.15) is 5.10 Å². The third kappa shape index (κ3) is 5.68. The predicted molar refractivity (Wildman–Crippen MR) is 118 cm³/mol. The third-order valence-electron chi connectivity index (χ3n) is 5.27. The van der Waals surface area contributed by atoms with Crippen LogP contribution >= 0.6 is 0 Å². The predicted octanol–water partition coefficient (Wildman–Crippen LogP) is 5.21. The quantitative estimate of drug-likeness (QED) is 0.206. The number of hydrogen-bond acceptors (Lipinski definition) is 7. The van der Waals surface area contributed by atoms with Crippen LogP contribution in [0.1, 0.15) is 22.9 Å². The summed E-state index contributed by atoms with van der Waals surface area (Å²) in [7, 11) is 0. The van der Waals surface area contributed by atoms with Crippen LogP contribution in [-0.2, 0) is 9.59 Å². The van der Waals surface area contributed by atoms with Gasteiger partial charge in [0.05, 0.1) is 17.3 Å². The number of carbonyl (C=O) groups is 2. The number of halogens is 6. The minimum atomic E-state index is -4.96. The van der Waals surface area contributed by atoms with Crippen molar-refractivity contribution in [3.8, 4) is 11.5 Å². The smallest absolute Gasteiger partial charge is 0.507 e. The molecular formula is C24H15F6N3O5. The van der Waals surface area contributed by atoms with E-state index in [2.05, 4.69) is 19.7 Å². The van der Waals surface area contributed by atoms with Crippen LogP contribution in [-0.4, -0.2) is 39.7 Å². The zero-order valence-electron chi connectivity index (χ0n) is 19.0. The lowest BCUT2D eigenvalue weighted by Crippen LogP contribution is -2.30. The van der Waals surface area contributed by atoms with Crippen molar-refractivity contribution in [1.29, 1.82) is 0 Å². The Morgan fingerprint density at radius 1 is 0.816 bits per heavy atom. The molecular weight excluding hydrogens is 524 g/mol. The molecule has 0 radical (unpaired) electrons. The molecule has 198 valence electrons. The first-order valence-electron chi connectivity index (χ1n) is 10.6. The molecule has 1 atom stereocenters. The molecule has 14 heteroatoms. The van der Waals surface area contributed by atoms with Crippen LogP contribution in [0.5, 0.6) is 11.5 Å². The van der Waals surface area contributed by atoms with Crippen LogP contribution in [0.3, 0.4) is 0 Å². The van der Waals surface area contributed by atoms with Crippen LogP contribution in [0.4, 0.5) is 32.2 Å². The standard InChI is InChI=1S/C24H15F6N3O5/c1-12-2-11-17(32-31-12)33-19(13-3-7-15(8-4-13)37-23(25,26)27)18(21(35)22(33)36)20(34)14-5-9-16(10-6-14)38-24(28,29)30/h2-11,19,34H,1H3. The average molecular weight is 539 g/mol. The highest BCUT2D eigenvalue weighted by atomic mass is 19.4. The second-order valence-corrected chi connectivity index (χ2v) is 7.89. The Labute approximate surface area is 209 Å². The summed E-state index contributed by atoms with van der Waals surface area (Å²) in [5.74, 6) is -4.30. The number of aliphatic hydroxyl groups is 1. The number of hydrogen-bond donors (Lipinski definition) is 1. The molecule has 1 unspecified atom stereocenters. The summed E-state index contributed by atoms with van der Waals surface area (Å²) in [5.41, 5.74) is -0.0303. The number of ether oxygens (including phenoxy) is 2. The molecule has 38 heavy (non-hydrogen) atoms. The van der Waals surface area contributed by atoms with Gasteiger partial charge in [0.1, 0.15) is 17.3 Å². The summed E-state index contributed by atoms with van der Waals surface area (Å²) in [6.45, 7) is 1.62. The number of anilines is 1. The number of benzene rings is 2. The van der Waals surface area contributed by atoms with Gasteiger partial charge in [0.15, 0.2) is 5.82 Å². The first-order chi connectivity index (χ1) is 17.7. The Kier molecular flexibility index (Phi) is 6.74. The lowest BCUT2D eigenvalue weighted by atomic mass is 9.95. The molecule has 1 aliphatic heterocycles. The SMILES string of the molecule is Cc1ccc(N2C(=O)C(=O)C(=C(O)c3ccc(OC(F)(F)F)cc3)C2c2ccc(OC(F)(F)F)cc2)nn1. The molecule has 2 aromatic carbocycles. The molecule has 1 aromatic heterocycles. The van der Waals surface area contributed by atoms with Crippen molar-refractivity contribution in [1.82, 2.24) is 10.2 Å². The second-order valence-electron chi connectivity index (χ2n) is 7.89. The maximum Gasteiger partial charge on any atom is 0.573 e. The molecule has 0 bridgehead atoms. The van der Waals surface area contributed by atoms with Crippen molar-refractivity contribution in [2.24, 2.45) is 0 Å². The van der Waals surface area contributed by atoms with Crippen molar-refractivity contribution >= 4 is 23.3 Å². The molecule has 0 aliphatic carbocycles. The van der Waals surface area contributed by atoms with Gasteiger partial charge in [-0.15, -0.1) is 31.4 Å². The van der Waals surface area contributed by atoms with Crippen molar-refractivity contribution in [3.05, 3.63) is 83.1 Å². The van der Waals surface area contributed by atoms with Crippen LogP contribution in [0.15, 0.2) is 66.2 Å². The summed E-state index contributed by atoms with van der Waals surface area (Å²) in [6.07, 6.45) is -9.92. The van der Waals surface area contributed by atoms with E-state index in [1.807, 2.05) is 0 Å². The van der Waals surface area contributed by atoms with Gasteiger partial charge in [-0.1, -0.05) is 12.1 Å². The minimum Gasteiger partial charge on any atom is -0.507 e. The summed E-state index contributed by atoms with van der Waals surface area (Å²) < 4.78 is 82.8. The fourth-order valence-corrected chi connectivity index (χ4v) is 3.73. The maximum atomic E-state index is 13.1. The summed E-state index contributed by atoms with van der Waals surface area (Å²) in [6, 6.07) is 9.56. The molecule has 3 aromatic rings. The number of amides is 1. The summed E-state index contributed by atoms with van der Waals surface area (Å²) in [4.78, 5) is 27.0. The monoisotopic (exact) mass is 539 g/mol. The van der Waals surface area contributed by atoms with Crippen molar-refractivity contribution in [2.45, 2.75) is 25.7 Å². The average Bonchev–Trinajstić information content (AvgIpc) is 3.08. The van der Waals surface area contributed by atoms with E-state index in [4.69, 9.17) is 0 Å². The van der Waals surface area contributed by atoms with Crippen molar-refractivity contribution in [3.63, 3.8) is 0 Å². The van der Waals surface area contributed by atoms with Gasteiger partial charge in [-0.25, -0.2) is 0 Å².